The molecule has 0 aromatic heterocycles. The van der Waals surface area contributed by atoms with Gasteiger partial charge in [0.15, 0.2) is 0 Å². The van der Waals surface area contributed by atoms with Gasteiger partial charge in [0, 0.05) is 0 Å². The van der Waals surface area contributed by atoms with Crippen LogP contribution in [0.4, 0.5) is 0 Å². The predicted octanol–water partition coefficient (Wildman–Crippen LogP) is -0.582. The molecule has 0 aliphatic heterocycles. The standard InChI is InChI=1S/C3H7NO2/c1-2(4)3(5)6/h2H,4H2,1H3,(H,5,6)/t2-/m0/s1/i1+2,2+2,3+2. The third-order valence-corrected chi connectivity index (χ3v) is 0.390. The van der Waals surface area contributed by atoms with E-state index in [1.54, 1.807) is 0 Å². The Hall–Kier alpha value is -0.570. The van der Waals surface area contributed by atoms with E-state index >= 15 is 0 Å². The van der Waals surface area contributed by atoms with Gasteiger partial charge in [0.2, 0.25) is 0 Å². The van der Waals surface area contributed by atoms with E-state index in [0.29, 0.717) is 0 Å². The number of hydrogen-bond acceptors (Lipinski definition) is 2. The van der Waals surface area contributed by atoms with E-state index in [1.807, 2.05) is 0 Å². The highest BCUT2D eigenvalue weighted by atomic mass is 16.7. The average molecular weight is 95.1 g/mol. The van der Waals surface area contributed by atoms with E-state index < -0.39 is 12.0 Å². The van der Waals surface area contributed by atoms with Crippen molar-refractivity contribution in [2.24, 2.45) is 5.73 Å². The molecule has 3 nitrogen and oxygen atoms in total. The normalized spacial score (nSPS) is 13.7. The maximum atomic E-state index is 9.57. The van der Waals surface area contributed by atoms with Crippen molar-refractivity contribution in [2.75, 3.05) is 0 Å². The molecule has 0 aromatic carbocycles. The van der Waals surface area contributed by atoms with Gasteiger partial charge < -0.3 is 10.8 Å². The molecule has 3 N–H and O–H groups in total. The summed E-state index contributed by atoms with van der Waals surface area (Å²) in [7, 11) is 0. The zero-order valence-corrected chi connectivity index (χ0v) is 3.51. The van der Waals surface area contributed by atoms with Crippen LogP contribution in [0.5, 0.6) is 0 Å². The van der Waals surface area contributed by atoms with Crippen molar-refractivity contribution < 1.29 is 9.90 Å². The van der Waals surface area contributed by atoms with Crippen molar-refractivity contribution in [2.45, 2.75) is 13.0 Å². The summed E-state index contributed by atoms with van der Waals surface area (Å²) in [4.78, 5) is 9.57. The first kappa shape index (κ1) is 5.43. The van der Waals surface area contributed by atoms with Crippen molar-refractivity contribution in [3.05, 3.63) is 0 Å². The maximum absolute atomic E-state index is 9.57. The first-order valence-electron chi connectivity index (χ1n) is 1.63. The molecular formula is C3H7NO2. The lowest BCUT2D eigenvalue weighted by molar-refractivity contribution is -0.138. The Morgan fingerprint density at radius 2 is 2.17 bits per heavy atom. The summed E-state index contributed by atoms with van der Waals surface area (Å²) in [5.74, 6) is -0.963. The Morgan fingerprint density at radius 1 is 2.00 bits per heavy atom. The molecule has 1 atom stereocenters. The molecule has 0 saturated heterocycles. The summed E-state index contributed by atoms with van der Waals surface area (Å²) >= 11 is 0. The maximum Gasteiger partial charge on any atom is 0.320 e. The monoisotopic (exact) mass is 95.1 g/mol. The summed E-state index contributed by atoms with van der Waals surface area (Å²) in [6.07, 6.45) is 0. The molecule has 0 fully saturated rings. The number of hydrogen-bond donors (Lipinski definition) is 2. The van der Waals surface area contributed by atoms with E-state index in [2.05, 4.69) is 0 Å². The van der Waals surface area contributed by atoms with Gasteiger partial charge in [0.1, 0.15) is 6.04 Å². The Labute approximate surface area is 35.8 Å². The summed E-state index contributed by atoms with van der Waals surface area (Å²) in [5.41, 5.74) is 4.84. The second-order valence-electron chi connectivity index (χ2n) is 1.13. The third-order valence-electron chi connectivity index (χ3n) is 0.390. The van der Waals surface area contributed by atoms with Gasteiger partial charge in [-0.05, 0) is 6.92 Å². The molecule has 0 radical (unpaired) electrons. The van der Waals surface area contributed by atoms with Crippen molar-refractivity contribution in [1.29, 1.82) is 0 Å². The fourth-order valence-corrected chi connectivity index (χ4v) is 0. The van der Waals surface area contributed by atoms with Crippen LogP contribution >= 0.6 is 0 Å². The van der Waals surface area contributed by atoms with Crippen LogP contribution in [0.25, 0.3) is 0 Å². The second-order valence-corrected chi connectivity index (χ2v) is 1.13. The van der Waals surface area contributed by atoms with Gasteiger partial charge in [0.25, 0.3) is 0 Å². The number of rotatable bonds is 1. The molecule has 0 amide bonds. The Kier molecular flexibility index (Phi) is 1.60. The number of carboxylic acids is 1. The highest BCUT2D eigenvalue weighted by Crippen LogP contribution is 1.68. The Morgan fingerprint density at radius 3 is 2.17 bits per heavy atom. The number of nitrogens with two attached hydrogens (primary N) is 1. The average Bonchev–Trinajstić information content (AvgIpc) is 1.36. The van der Waals surface area contributed by atoms with Gasteiger partial charge in [-0.15, -0.1) is 0 Å². The van der Waals surface area contributed by atoms with E-state index in [1.165, 1.54) is 6.92 Å². The van der Waals surface area contributed by atoms with Gasteiger partial charge in [-0.1, -0.05) is 0 Å². The topological polar surface area (TPSA) is 63.3 Å². The van der Waals surface area contributed by atoms with Crippen LogP contribution in [0.2, 0.25) is 0 Å². The molecule has 3 heteroatoms. The van der Waals surface area contributed by atoms with E-state index in [9.17, 15) is 4.79 Å². The van der Waals surface area contributed by atoms with Crippen molar-refractivity contribution >= 4 is 5.97 Å². The van der Waals surface area contributed by atoms with Crippen LogP contribution in [0.15, 0.2) is 0 Å². The van der Waals surface area contributed by atoms with E-state index in [4.69, 9.17) is 10.8 Å². The molecule has 0 rings (SSSR count). The second kappa shape index (κ2) is 1.77. The number of carboxylic acid groups (broad SMARTS) is 1. The van der Waals surface area contributed by atoms with E-state index in [0.717, 1.165) is 0 Å². The molecule has 6 heavy (non-hydrogen) atoms. The molecule has 0 saturated carbocycles. The van der Waals surface area contributed by atoms with Crippen LogP contribution in [0, 0.1) is 0 Å². The smallest absolute Gasteiger partial charge is 0.320 e. The molecule has 0 bridgehead atoms. The van der Waals surface area contributed by atoms with Gasteiger partial charge >= 0.3 is 5.97 Å². The van der Waals surface area contributed by atoms with Gasteiger partial charge in [0.05, 0.1) is 0 Å². The molecule has 0 spiro atoms. The molecule has 0 aromatic rings. The predicted molar refractivity (Wildman–Crippen MR) is 21.3 cm³/mol. The highest BCUT2D eigenvalue weighted by Gasteiger charge is 1.99. The van der Waals surface area contributed by atoms with Crippen LogP contribution in [-0.2, 0) is 4.79 Å². The van der Waals surface area contributed by atoms with Crippen molar-refractivity contribution in [3.8, 4) is 0 Å². The highest BCUT2D eigenvalue weighted by molar-refractivity contribution is 5.72. The zero-order chi connectivity index (χ0) is 5.15. The molecule has 0 unspecified atom stereocenters. The number of aliphatic carboxylic acids is 1. The Bertz CT molecular complexity index is 59.8. The van der Waals surface area contributed by atoms with Crippen LogP contribution < -0.4 is 5.73 Å². The summed E-state index contributed by atoms with van der Waals surface area (Å²) in [6.45, 7) is 1.42. The lowest BCUT2D eigenvalue weighted by Crippen LogP contribution is -2.25. The minimum absolute atomic E-state index is 0.731. The molecule has 0 aliphatic rings. The molecule has 0 aliphatic carbocycles. The molecule has 0 heterocycles. The van der Waals surface area contributed by atoms with Gasteiger partial charge in [-0.3, -0.25) is 4.79 Å². The summed E-state index contributed by atoms with van der Waals surface area (Å²) in [6, 6.07) is -0.731. The molecule has 36 valence electrons. The summed E-state index contributed by atoms with van der Waals surface area (Å²) in [5, 5.41) is 7.87. The van der Waals surface area contributed by atoms with Crippen molar-refractivity contribution in [1.82, 2.24) is 0 Å². The lowest BCUT2D eigenvalue weighted by Gasteiger charge is -1.90. The Balaban J connectivity index is 3.26. The van der Waals surface area contributed by atoms with E-state index in [-0.39, 0.29) is 0 Å². The largest absolute Gasteiger partial charge is 0.480 e. The quantitative estimate of drug-likeness (QED) is 0.458. The van der Waals surface area contributed by atoms with Crippen LogP contribution in [0.1, 0.15) is 6.92 Å². The van der Waals surface area contributed by atoms with Gasteiger partial charge in [-0.2, -0.15) is 0 Å². The minimum atomic E-state index is -0.963. The van der Waals surface area contributed by atoms with Gasteiger partial charge in [-0.25, -0.2) is 0 Å². The first-order chi connectivity index (χ1) is 2.64. The molecular weight excluding hydrogens is 88.0 g/mol. The number of carbonyl (C=O) groups is 1. The fourth-order valence-electron chi connectivity index (χ4n) is 0. The van der Waals surface area contributed by atoms with Crippen LogP contribution in [0.3, 0.4) is 0 Å². The summed E-state index contributed by atoms with van der Waals surface area (Å²) < 4.78 is 0. The fraction of sp³-hybridized carbons (Fsp3) is 0.667. The first-order valence-corrected chi connectivity index (χ1v) is 1.63. The van der Waals surface area contributed by atoms with Crippen LogP contribution in [-0.4, -0.2) is 17.1 Å². The lowest BCUT2D eigenvalue weighted by atomic mass is 12.2. The SMILES string of the molecule is [14CH3][14C@H](N)[14C](=O)O. The third kappa shape index (κ3) is 1.72. The zero-order valence-electron chi connectivity index (χ0n) is 3.51. The van der Waals surface area contributed by atoms with Crippen molar-refractivity contribution in [3.63, 3.8) is 0 Å². The minimum Gasteiger partial charge on any atom is -0.480 e.